The molecule has 0 radical (unpaired) electrons. The number of cyclic esters (lactones) is 1. The number of ether oxygens (including phenoxy) is 1. The van der Waals surface area contributed by atoms with Gasteiger partial charge in [0.15, 0.2) is 0 Å². The van der Waals surface area contributed by atoms with E-state index in [-0.39, 0.29) is 18.1 Å². The number of carbonyl (C=O) groups excluding carboxylic acids is 1. The summed E-state index contributed by atoms with van der Waals surface area (Å²) in [5, 5.41) is 11.4. The van der Waals surface area contributed by atoms with Crippen LogP contribution in [0.4, 0.5) is 4.79 Å². The molecule has 1 heterocycles. The van der Waals surface area contributed by atoms with Gasteiger partial charge in [-0.2, -0.15) is 0 Å². The van der Waals surface area contributed by atoms with Gasteiger partial charge in [0.2, 0.25) is 0 Å². The summed E-state index contributed by atoms with van der Waals surface area (Å²) >= 11 is 0. The zero-order valence-corrected chi connectivity index (χ0v) is 12.5. The minimum Gasteiger partial charge on any atom is -0.465 e. The second-order valence-corrected chi connectivity index (χ2v) is 5.82. The van der Waals surface area contributed by atoms with Crippen molar-refractivity contribution < 1.29 is 19.4 Å². The Hall–Kier alpha value is -1.52. The lowest BCUT2D eigenvalue weighted by Crippen LogP contribution is -2.43. The summed E-state index contributed by atoms with van der Waals surface area (Å²) in [6.45, 7) is 6.24. The SMILES string of the molecule is CC(C)=CCCC(C)C[C@@H](NC(=O)O)C1CCC(=O)O1. The van der Waals surface area contributed by atoms with Crippen molar-refractivity contribution in [2.24, 2.45) is 5.92 Å². The van der Waals surface area contributed by atoms with Crippen molar-refractivity contribution in [1.82, 2.24) is 5.32 Å². The van der Waals surface area contributed by atoms with Crippen molar-refractivity contribution in [3.05, 3.63) is 11.6 Å². The molecule has 2 unspecified atom stereocenters. The number of hydrogen-bond donors (Lipinski definition) is 2. The Labute approximate surface area is 120 Å². The van der Waals surface area contributed by atoms with Crippen LogP contribution in [0.25, 0.3) is 0 Å². The molecule has 5 heteroatoms. The molecule has 1 fully saturated rings. The summed E-state index contributed by atoms with van der Waals surface area (Å²) < 4.78 is 5.19. The van der Waals surface area contributed by atoms with Gasteiger partial charge in [0.05, 0.1) is 6.04 Å². The molecule has 0 bridgehead atoms. The van der Waals surface area contributed by atoms with E-state index in [4.69, 9.17) is 9.84 Å². The zero-order valence-electron chi connectivity index (χ0n) is 12.5. The molecule has 1 aliphatic heterocycles. The molecule has 1 rings (SSSR count). The second-order valence-electron chi connectivity index (χ2n) is 5.82. The Balaban J connectivity index is 2.49. The van der Waals surface area contributed by atoms with Gasteiger partial charge in [-0.3, -0.25) is 4.79 Å². The number of nitrogens with one attached hydrogen (secondary N) is 1. The molecule has 1 aliphatic rings. The first-order valence-corrected chi connectivity index (χ1v) is 7.20. The van der Waals surface area contributed by atoms with Crippen LogP contribution in [0.15, 0.2) is 11.6 Å². The van der Waals surface area contributed by atoms with E-state index in [9.17, 15) is 9.59 Å². The Morgan fingerprint density at radius 2 is 2.25 bits per heavy atom. The summed E-state index contributed by atoms with van der Waals surface area (Å²) in [5.74, 6) is 0.145. The first-order valence-electron chi connectivity index (χ1n) is 7.20. The van der Waals surface area contributed by atoms with E-state index in [1.807, 2.05) is 0 Å². The van der Waals surface area contributed by atoms with E-state index in [1.165, 1.54) is 5.57 Å². The number of carbonyl (C=O) groups is 2. The number of carboxylic acid groups (broad SMARTS) is 1. The summed E-state index contributed by atoms with van der Waals surface area (Å²) in [5.41, 5.74) is 1.29. The molecule has 0 aromatic carbocycles. The Kier molecular flexibility index (Phi) is 6.55. The molecular weight excluding hydrogens is 258 g/mol. The highest BCUT2D eigenvalue weighted by Gasteiger charge is 2.32. The van der Waals surface area contributed by atoms with Gasteiger partial charge < -0.3 is 15.2 Å². The number of esters is 1. The van der Waals surface area contributed by atoms with Crippen LogP contribution < -0.4 is 5.32 Å². The van der Waals surface area contributed by atoms with Crippen LogP contribution in [0.3, 0.4) is 0 Å². The third kappa shape index (κ3) is 6.08. The highest BCUT2D eigenvalue weighted by molar-refractivity contribution is 5.72. The van der Waals surface area contributed by atoms with Gasteiger partial charge >= 0.3 is 12.1 Å². The van der Waals surface area contributed by atoms with Crippen molar-refractivity contribution in [1.29, 1.82) is 0 Å². The lowest BCUT2D eigenvalue weighted by molar-refractivity contribution is -0.142. The van der Waals surface area contributed by atoms with E-state index in [0.717, 1.165) is 12.8 Å². The van der Waals surface area contributed by atoms with Crippen LogP contribution in [-0.4, -0.2) is 29.3 Å². The minimum absolute atomic E-state index is 0.232. The average molecular weight is 283 g/mol. The largest absolute Gasteiger partial charge is 0.465 e. The van der Waals surface area contributed by atoms with Gasteiger partial charge in [0, 0.05) is 6.42 Å². The van der Waals surface area contributed by atoms with Gasteiger partial charge in [0.25, 0.3) is 0 Å². The second kappa shape index (κ2) is 7.92. The standard InChI is InChI=1S/C15H25NO4/c1-10(2)5-4-6-11(3)9-12(16-15(18)19)13-7-8-14(17)20-13/h5,11-13,16H,4,6-9H2,1-3H3,(H,18,19)/t11?,12-,13?/m1/s1. The Bertz CT molecular complexity index is 374. The predicted molar refractivity (Wildman–Crippen MR) is 76.5 cm³/mol. The Morgan fingerprint density at radius 1 is 1.55 bits per heavy atom. The normalized spacial score (nSPS) is 20.9. The van der Waals surface area contributed by atoms with Crippen molar-refractivity contribution in [3.8, 4) is 0 Å². The van der Waals surface area contributed by atoms with Crippen LogP contribution in [0, 0.1) is 5.92 Å². The van der Waals surface area contributed by atoms with Gasteiger partial charge in [0.1, 0.15) is 6.10 Å². The number of rotatable bonds is 7. The van der Waals surface area contributed by atoms with Gasteiger partial charge in [-0.15, -0.1) is 0 Å². The molecule has 0 spiro atoms. The van der Waals surface area contributed by atoms with Crippen LogP contribution in [0.1, 0.15) is 52.9 Å². The highest BCUT2D eigenvalue weighted by atomic mass is 16.6. The van der Waals surface area contributed by atoms with Crippen LogP contribution >= 0.6 is 0 Å². The minimum atomic E-state index is -1.06. The summed E-state index contributed by atoms with van der Waals surface area (Å²) in [6.07, 6.45) is 4.49. The highest BCUT2D eigenvalue weighted by Crippen LogP contribution is 2.23. The maximum Gasteiger partial charge on any atom is 0.405 e. The summed E-state index contributed by atoms with van der Waals surface area (Å²) in [6, 6.07) is -0.305. The fourth-order valence-electron chi connectivity index (χ4n) is 2.50. The monoisotopic (exact) mass is 283 g/mol. The van der Waals surface area contributed by atoms with Crippen molar-refractivity contribution in [2.45, 2.75) is 65.0 Å². The predicted octanol–water partition coefficient (Wildman–Crippen LogP) is 3.10. The molecule has 3 atom stereocenters. The zero-order chi connectivity index (χ0) is 15.1. The fourth-order valence-corrected chi connectivity index (χ4v) is 2.50. The van der Waals surface area contributed by atoms with Crippen LogP contribution in [0.2, 0.25) is 0 Å². The Morgan fingerprint density at radius 3 is 2.75 bits per heavy atom. The molecule has 2 N–H and O–H groups in total. The number of allylic oxidation sites excluding steroid dienone is 2. The van der Waals surface area contributed by atoms with Crippen molar-refractivity contribution in [3.63, 3.8) is 0 Å². The van der Waals surface area contributed by atoms with E-state index >= 15 is 0 Å². The molecule has 0 aliphatic carbocycles. The smallest absolute Gasteiger partial charge is 0.405 e. The third-order valence-corrected chi connectivity index (χ3v) is 3.54. The number of hydrogen-bond acceptors (Lipinski definition) is 3. The molecule has 0 saturated carbocycles. The summed E-state index contributed by atoms with van der Waals surface area (Å²) in [4.78, 5) is 22.0. The molecule has 20 heavy (non-hydrogen) atoms. The lowest BCUT2D eigenvalue weighted by Gasteiger charge is -2.25. The molecule has 0 aromatic heterocycles. The quantitative estimate of drug-likeness (QED) is 0.556. The number of amides is 1. The van der Waals surface area contributed by atoms with E-state index < -0.39 is 6.09 Å². The molecular formula is C15H25NO4. The van der Waals surface area contributed by atoms with E-state index in [0.29, 0.717) is 25.2 Å². The lowest BCUT2D eigenvalue weighted by atomic mass is 9.93. The van der Waals surface area contributed by atoms with Crippen molar-refractivity contribution >= 4 is 12.1 Å². The fraction of sp³-hybridized carbons (Fsp3) is 0.733. The van der Waals surface area contributed by atoms with Crippen LogP contribution in [-0.2, 0) is 9.53 Å². The first-order chi connectivity index (χ1) is 9.38. The maximum atomic E-state index is 11.2. The maximum absolute atomic E-state index is 11.2. The third-order valence-electron chi connectivity index (χ3n) is 3.54. The van der Waals surface area contributed by atoms with E-state index in [1.54, 1.807) is 0 Å². The van der Waals surface area contributed by atoms with Crippen molar-refractivity contribution in [2.75, 3.05) is 0 Å². The molecule has 1 saturated heterocycles. The van der Waals surface area contributed by atoms with Crippen LogP contribution in [0.5, 0.6) is 0 Å². The van der Waals surface area contributed by atoms with Gasteiger partial charge in [-0.05, 0) is 45.4 Å². The van der Waals surface area contributed by atoms with Gasteiger partial charge in [-0.25, -0.2) is 4.79 Å². The van der Waals surface area contributed by atoms with E-state index in [2.05, 4.69) is 32.2 Å². The molecule has 5 nitrogen and oxygen atoms in total. The topological polar surface area (TPSA) is 75.6 Å². The first kappa shape index (κ1) is 16.5. The average Bonchev–Trinajstić information content (AvgIpc) is 2.74. The molecule has 114 valence electrons. The van der Waals surface area contributed by atoms with Gasteiger partial charge in [-0.1, -0.05) is 18.6 Å². The summed E-state index contributed by atoms with van der Waals surface area (Å²) in [7, 11) is 0. The molecule has 0 aromatic rings. The molecule has 1 amide bonds.